The summed E-state index contributed by atoms with van der Waals surface area (Å²) in [5.74, 6) is 0. The molecule has 0 spiro atoms. The second kappa shape index (κ2) is 45.7. The largest absolute Gasteiger partial charge is 1.00 e. The van der Waals surface area contributed by atoms with Crippen LogP contribution in [0.1, 0.15) is 55.6 Å². The molecule has 656 valence electrons. The van der Waals surface area contributed by atoms with Gasteiger partial charge < -0.3 is 24.7 Å². The number of hydrogen-bond donors (Lipinski definition) is 2. The molecular weight excluding hydrogens is 1810 g/mol. The van der Waals surface area contributed by atoms with Crippen LogP contribution < -0.4 is 39.0 Å². The minimum Gasteiger partial charge on any atom is -0.423 e. The van der Waals surface area contributed by atoms with Crippen LogP contribution in [-0.2, 0) is 32.1 Å². The van der Waals surface area contributed by atoms with E-state index < -0.39 is 7.12 Å². The smallest absolute Gasteiger partial charge is 0.423 e. The molecule has 0 atom stereocenters. The average molecular weight is 1910 g/mol. The van der Waals surface area contributed by atoms with Crippen LogP contribution in [-0.4, -0.2) is 39.5 Å². The molecule has 6 nitrogen and oxygen atoms in total. The number of para-hydroxylation sites is 6. The Morgan fingerprint density at radius 1 is 0.197 bits per heavy atom. The summed E-state index contributed by atoms with van der Waals surface area (Å²) in [7, 11) is -1.34. The summed E-state index contributed by atoms with van der Waals surface area (Å²) >= 11 is 7.04. The molecule has 0 unspecified atom stereocenters. The Morgan fingerprint density at radius 3 is 0.752 bits per heavy atom. The summed E-state index contributed by atoms with van der Waals surface area (Å²) in [6.45, 7) is 0. The van der Waals surface area contributed by atoms with Crippen LogP contribution in [0, 0.1) is 0 Å². The number of fused-ring (bicyclic) bond motifs is 10. The van der Waals surface area contributed by atoms with Crippen molar-refractivity contribution in [2.24, 2.45) is 0 Å². The van der Waals surface area contributed by atoms with Crippen LogP contribution in [0.5, 0.6) is 0 Å². The number of halogens is 2. The van der Waals surface area contributed by atoms with Crippen molar-refractivity contribution in [1.29, 1.82) is 0 Å². The molecule has 11 heteroatoms. The van der Waals surface area contributed by atoms with Crippen LogP contribution in [0.3, 0.4) is 0 Å². The Labute approximate surface area is 844 Å². The second-order valence-corrected chi connectivity index (χ2v) is 35.5. The van der Waals surface area contributed by atoms with E-state index in [1.165, 1.54) is 173 Å². The topological polar surface area (TPSA) is 63.1 Å². The number of benzene rings is 20. The van der Waals surface area contributed by atoms with Gasteiger partial charge in [-0.3, -0.25) is 0 Å². The van der Waals surface area contributed by atoms with Crippen LogP contribution in [0.15, 0.2) is 525 Å². The third-order valence-corrected chi connectivity index (χ3v) is 26.0. The van der Waals surface area contributed by atoms with E-state index in [9.17, 15) is 0 Å². The van der Waals surface area contributed by atoms with Gasteiger partial charge in [-0.05, 0) is 251 Å². The van der Waals surface area contributed by atoms with Crippen molar-refractivity contribution in [3.63, 3.8) is 0 Å². The molecule has 0 fully saturated rings. The molecule has 20 aromatic carbocycles. The molecule has 21 aromatic rings. The molecule has 4 aliphatic rings. The van der Waals surface area contributed by atoms with E-state index in [0.29, 0.717) is 5.46 Å². The van der Waals surface area contributed by atoms with Crippen molar-refractivity contribution in [1.82, 2.24) is 4.98 Å². The van der Waals surface area contributed by atoms with Gasteiger partial charge in [-0.15, -0.1) is 0 Å². The van der Waals surface area contributed by atoms with Gasteiger partial charge in [0, 0.05) is 90.2 Å². The Balaban J connectivity index is 0.000000115. The third kappa shape index (κ3) is 22.9. The summed E-state index contributed by atoms with van der Waals surface area (Å²) < 4.78 is 2.24. The number of rotatable bonds is 9. The molecule has 3 aliphatic heterocycles. The first-order valence-electron chi connectivity index (χ1n) is 45.9. The molecular formula is C126H100AlBBr2LiN4O2+. The van der Waals surface area contributed by atoms with Crippen LogP contribution in [0.25, 0.3) is 77.4 Å². The Kier molecular flexibility index (Phi) is 31.5. The van der Waals surface area contributed by atoms with Gasteiger partial charge in [-0.2, -0.15) is 0 Å². The van der Waals surface area contributed by atoms with Crippen molar-refractivity contribution in [2.45, 2.75) is 32.1 Å². The molecule has 0 amide bonds. The van der Waals surface area contributed by atoms with E-state index in [0.717, 1.165) is 52.1 Å². The standard InChI is InChI=1S/C31H23N.C25H18BrN.C25H19N.C14H12.C13H9N.C12H9Br.C6H7BO2.Al.Li.3H/c1-3-9-23(10-4-1)25-15-18-29(19-16-25)32-30-14-8-7-13-27(30)22-28-21-26(17-20-31(28)32)24-11-5-2-6-12-24;26-22-12-15-25-21(17-22)16-20-8-4-5-9-24(20)27(25)23-13-10-19(11-14-23)18-6-2-1-3-7-18;1-2-8-19(9-3-1)20-14-16-23(17-15-20)26-24-12-6-4-10-21(24)18-22-11-5-7-13-25(22)26;1-2-6-12-10-14-8-4-3-7-13(14)9-11(12)5-1;1-3-7-12-10(5-1)9-11-6-2-4-8-13(11)14-12;13-12-8-6-11(7-9-12)10-4-2-1-3-5-10;8-7(9)6-4-2-1-3-5-6;;;;;/h1-21H,22H2;1-15,17H,16H2;1-17H,18H2;1-8H,9-10H2;1-9H;1-9H;1-5,8-9H;;;;;/q;;;;;;;;+1;;;. The van der Waals surface area contributed by atoms with Crippen molar-refractivity contribution in [3.8, 4) is 55.6 Å². The molecule has 0 saturated carbocycles. The average Bonchev–Trinajstić information content (AvgIpc) is 0.761. The fourth-order valence-corrected chi connectivity index (χ4v) is 18.8. The minimum absolute atomic E-state index is 0. The van der Waals surface area contributed by atoms with Crippen molar-refractivity contribution in [2.75, 3.05) is 14.7 Å². The van der Waals surface area contributed by atoms with Gasteiger partial charge in [0.05, 0.1) is 11.0 Å². The Bertz CT molecular complexity index is 7330. The number of anilines is 9. The van der Waals surface area contributed by atoms with Crippen LogP contribution in [0.2, 0.25) is 0 Å². The predicted octanol–water partition coefficient (Wildman–Crippen LogP) is 28.5. The maximum absolute atomic E-state index is 8.58. The van der Waals surface area contributed by atoms with Gasteiger partial charge >= 0.3 is 26.0 Å². The molecule has 1 aromatic heterocycles. The number of hydrogen-bond acceptors (Lipinski definition) is 6. The zero-order valence-corrected chi connectivity index (χ0v) is 78.8. The summed E-state index contributed by atoms with van der Waals surface area (Å²) in [5.41, 5.74) is 40.4. The first-order valence-corrected chi connectivity index (χ1v) is 47.4. The van der Waals surface area contributed by atoms with E-state index in [-0.39, 0.29) is 36.2 Å². The molecule has 2 N–H and O–H groups in total. The number of nitrogens with zero attached hydrogens (tertiary/aromatic N) is 4. The van der Waals surface area contributed by atoms with Gasteiger partial charge in [-0.1, -0.05) is 426 Å². The maximum Gasteiger partial charge on any atom is 1.00 e. The fraction of sp³-hybridized carbons (Fsp3) is 0.0397. The molecule has 4 heterocycles. The van der Waals surface area contributed by atoms with E-state index in [1.54, 1.807) is 24.3 Å². The molecule has 137 heavy (non-hydrogen) atoms. The Morgan fingerprint density at radius 2 is 0.423 bits per heavy atom. The van der Waals surface area contributed by atoms with Crippen LogP contribution >= 0.6 is 31.9 Å². The van der Waals surface area contributed by atoms with Crippen molar-refractivity contribution < 1.29 is 28.9 Å². The van der Waals surface area contributed by atoms with Crippen molar-refractivity contribution in [3.05, 3.63) is 580 Å². The summed E-state index contributed by atoms with van der Waals surface area (Å²) in [6.07, 6.45) is 5.11. The van der Waals surface area contributed by atoms with Crippen molar-refractivity contribution >= 4 is 135 Å². The quantitative estimate of drug-likeness (QED) is 0.111. The first kappa shape index (κ1) is 94.3. The fourth-order valence-electron chi connectivity index (χ4n) is 18.2. The minimum atomic E-state index is -1.34. The summed E-state index contributed by atoms with van der Waals surface area (Å²) in [6, 6.07) is 181. The van der Waals surface area contributed by atoms with Gasteiger partial charge in [0.1, 0.15) is 0 Å². The van der Waals surface area contributed by atoms with Gasteiger partial charge in [-0.25, -0.2) is 4.98 Å². The van der Waals surface area contributed by atoms with E-state index in [1.807, 2.05) is 48.5 Å². The third-order valence-electron chi connectivity index (χ3n) is 25.0. The second-order valence-electron chi connectivity index (χ2n) is 33.7. The predicted molar refractivity (Wildman–Crippen MR) is 585 cm³/mol. The van der Waals surface area contributed by atoms with Crippen LogP contribution in [0.4, 0.5) is 51.2 Å². The number of aromatic nitrogens is 1. The zero-order chi connectivity index (χ0) is 91.4. The molecule has 25 rings (SSSR count). The summed E-state index contributed by atoms with van der Waals surface area (Å²) in [5, 5.41) is 19.6. The van der Waals surface area contributed by atoms with E-state index in [4.69, 9.17) is 10.0 Å². The van der Waals surface area contributed by atoms with Gasteiger partial charge in [0.2, 0.25) is 0 Å². The van der Waals surface area contributed by atoms with Gasteiger partial charge in [0.25, 0.3) is 0 Å². The van der Waals surface area contributed by atoms with Gasteiger partial charge in [0.15, 0.2) is 17.4 Å². The maximum atomic E-state index is 8.58. The first-order chi connectivity index (χ1) is 66.6. The summed E-state index contributed by atoms with van der Waals surface area (Å²) in [4.78, 5) is 11.7. The van der Waals surface area contributed by atoms with E-state index >= 15 is 0 Å². The molecule has 0 radical (unpaired) electrons. The van der Waals surface area contributed by atoms with E-state index in [2.05, 4.69) is 494 Å². The SMILES string of the molecule is Brc1ccc(-c2ccccc2)cc1.Brc1ccc2c(c1)Cc1ccccc1N2c1ccc(-c2ccccc2)cc1.OB(O)c1ccccc1.[AlH3].[Li+].c1ccc(-c2ccc(N3c4ccccc4Cc4cc(-c5ccccc5)ccc43)cc2)cc1.c1ccc(-c2ccc(N3c4ccccc4Cc4ccccc43)cc2)cc1.c1ccc2c(c1)Cc1ccccc1C2.c1ccc2nc3ccccc3cc2c1. The monoisotopic (exact) mass is 1900 g/mol. The molecule has 0 bridgehead atoms. The molecule has 1 aliphatic carbocycles. The molecule has 0 saturated heterocycles. The Hall–Kier alpha value is -14.5. The normalized spacial score (nSPS) is 11.6. The number of pyridine rings is 1. The zero-order valence-electron chi connectivity index (χ0n) is 75.6.